The summed E-state index contributed by atoms with van der Waals surface area (Å²) in [5, 5.41) is 3.45. The lowest BCUT2D eigenvalue weighted by atomic mass is 10.1. The van der Waals surface area contributed by atoms with Crippen LogP contribution in [0.3, 0.4) is 0 Å². The normalized spacial score (nSPS) is 10.7. The van der Waals surface area contributed by atoms with E-state index in [1.807, 2.05) is 32.0 Å². The van der Waals surface area contributed by atoms with Crippen molar-refractivity contribution in [1.82, 2.24) is 0 Å². The van der Waals surface area contributed by atoms with Gasteiger partial charge in [-0.2, -0.15) is 0 Å². The summed E-state index contributed by atoms with van der Waals surface area (Å²) in [4.78, 5) is 24.6. The Labute approximate surface area is 154 Å². The van der Waals surface area contributed by atoms with Gasteiger partial charge in [0.1, 0.15) is 10.7 Å². The number of hydrogen-bond donors (Lipinski definition) is 1. The molecule has 0 aliphatic rings. The maximum Gasteiger partial charge on any atom is 0.348 e. The molecule has 134 valence electrons. The number of nitrogens with one attached hydrogen (secondary N) is 1. The van der Waals surface area contributed by atoms with Crippen molar-refractivity contribution in [3.8, 4) is 0 Å². The molecule has 26 heavy (non-hydrogen) atoms. The van der Waals surface area contributed by atoms with Gasteiger partial charge in [-0.15, -0.1) is 11.3 Å². The molecule has 0 saturated heterocycles. The van der Waals surface area contributed by atoms with Crippen LogP contribution in [0.25, 0.3) is 10.1 Å². The smallest absolute Gasteiger partial charge is 0.348 e. The molecule has 0 unspecified atom stereocenters. The average molecular weight is 371 g/mol. The second kappa shape index (κ2) is 7.66. The van der Waals surface area contributed by atoms with Gasteiger partial charge in [0.25, 0.3) is 5.91 Å². The molecule has 0 aliphatic heterocycles. The predicted molar refractivity (Wildman–Crippen MR) is 101 cm³/mol. The van der Waals surface area contributed by atoms with Crippen LogP contribution in [0.15, 0.2) is 42.5 Å². The number of para-hydroxylation sites is 1. The van der Waals surface area contributed by atoms with Crippen LogP contribution in [0.5, 0.6) is 0 Å². The van der Waals surface area contributed by atoms with Crippen molar-refractivity contribution in [3.05, 3.63) is 64.3 Å². The maximum absolute atomic E-state index is 13.2. The van der Waals surface area contributed by atoms with E-state index >= 15 is 0 Å². The molecule has 1 aromatic heterocycles. The fourth-order valence-corrected chi connectivity index (χ4v) is 3.63. The Balaban J connectivity index is 1.64. The predicted octanol–water partition coefficient (Wildman–Crippen LogP) is 4.71. The zero-order chi connectivity index (χ0) is 18.7. The average Bonchev–Trinajstić information content (AvgIpc) is 3.04. The van der Waals surface area contributed by atoms with Crippen LogP contribution in [0.2, 0.25) is 0 Å². The first kappa shape index (κ1) is 18.1. The highest BCUT2D eigenvalue weighted by atomic mass is 32.1. The number of halogens is 1. The minimum atomic E-state index is -0.595. The monoisotopic (exact) mass is 371 g/mol. The minimum Gasteiger partial charge on any atom is -0.451 e. The van der Waals surface area contributed by atoms with Gasteiger partial charge in [0.15, 0.2) is 6.61 Å². The van der Waals surface area contributed by atoms with Crippen LogP contribution in [0, 0.1) is 12.7 Å². The maximum atomic E-state index is 13.2. The highest BCUT2D eigenvalue weighted by molar-refractivity contribution is 7.20. The van der Waals surface area contributed by atoms with Crippen molar-refractivity contribution in [3.63, 3.8) is 0 Å². The van der Waals surface area contributed by atoms with E-state index in [4.69, 9.17) is 4.74 Å². The first-order valence-electron chi connectivity index (χ1n) is 8.22. The van der Waals surface area contributed by atoms with Crippen LogP contribution >= 0.6 is 11.3 Å². The number of benzene rings is 2. The van der Waals surface area contributed by atoms with Gasteiger partial charge in [0, 0.05) is 10.4 Å². The highest BCUT2D eigenvalue weighted by Gasteiger charge is 2.15. The Morgan fingerprint density at radius 2 is 2.00 bits per heavy atom. The number of ether oxygens (including phenoxy) is 1. The van der Waals surface area contributed by atoms with Crippen LogP contribution in [0.1, 0.15) is 27.7 Å². The SMILES string of the molecule is CCc1cccc(C)c1NC(=O)COC(=O)c1cc2cc(F)ccc2s1. The van der Waals surface area contributed by atoms with Crippen molar-refractivity contribution >= 4 is 39.0 Å². The molecule has 0 bridgehead atoms. The van der Waals surface area contributed by atoms with Gasteiger partial charge in [0.05, 0.1) is 0 Å². The lowest BCUT2D eigenvalue weighted by Crippen LogP contribution is -2.21. The van der Waals surface area contributed by atoms with Crippen LogP contribution < -0.4 is 5.32 Å². The number of rotatable bonds is 5. The summed E-state index contributed by atoms with van der Waals surface area (Å²) in [6.07, 6.45) is 0.787. The number of carbonyl (C=O) groups excluding carboxylic acids is 2. The number of esters is 1. The van der Waals surface area contributed by atoms with E-state index in [1.165, 1.54) is 23.5 Å². The van der Waals surface area contributed by atoms with Gasteiger partial charge < -0.3 is 10.1 Å². The highest BCUT2D eigenvalue weighted by Crippen LogP contribution is 2.27. The number of carbonyl (C=O) groups is 2. The number of fused-ring (bicyclic) bond motifs is 1. The molecule has 0 fully saturated rings. The number of anilines is 1. The molecule has 1 heterocycles. The van der Waals surface area contributed by atoms with Gasteiger partial charge in [-0.05, 0) is 54.1 Å². The molecule has 3 rings (SSSR count). The van der Waals surface area contributed by atoms with E-state index in [0.717, 1.165) is 27.9 Å². The molecule has 1 N–H and O–H groups in total. The van der Waals surface area contributed by atoms with Gasteiger partial charge in [0.2, 0.25) is 0 Å². The minimum absolute atomic E-state index is 0.337. The van der Waals surface area contributed by atoms with Crippen molar-refractivity contribution < 1.29 is 18.7 Å². The second-order valence-corrected chi connectivity index (χ2v) is 6.96. The third kappa shape index (κ3) is 3.91. The molecule has 1 amide bonds. The van der Waals surface area contributed by atoms with E-state index in [1.54, 1.807) is 12.1 Å². The van der Waals surface area contributed by atoms with E-state index in [-0.39, 0.29) is 12.4 Å². The third-order valence-corrected chi connectivity index (χ3v) is 5.11. The molecular formula is C20H18FNO3S. The number of hydrogen-bond acceptors (Lipinski definition) is 4. The van der Waals surface area contributed by atoms with Crippen LogP contribution in [0.4, 0.5) is 10.1 Å². The molecule has 0 spiro atoms. The van der Waals surface area contributed by atoms with Crippen molar-refractivity contribution in [2.24, 2.45) is 0 Å². The molecule has 0 aliphatic carbocycles. The molecule has 3 aromatic rings. The number of amides is 1. The largest absolute Gasteiger partial charge is 0.451 e. The number of thiophene rings is 1. The van der Waals surface area contributed by atoms with Gasteiger partial charge in [-0.3, -0.25) is 4.79 Å². The molecule has 0 radical (unpaired) electrons. The summed E-state index contributed by atoms with van der Waals surface area (Å²) in [7, 11) is 0. The third-order valence-electron chi connectivity index (χ3n) is 4.02. The lowest BCUT2D eigenvalue weighted by Gasteiger charge is -2.12. The van der Waals surface area contributed by atoms with E-state index in [0.29, 0.717) is 10.3 Å². The summed E-state index contributed by atoms with van der Waals surface area (Å²) >= 11 is 1.21. The summed E-state index contributed by atoms with van der Waals surface area (Å²) in [5.74, 6) is -1.35. The summed E-state index contributed by atoms with van der Waals surface area (Å²) in [5.41, 5.74) is 2.74. The standard InChI is InChI=1S/C20H18FNO3S/c1-3-13-6-4-5-12(2)19(13)22-18(23)11-25-20(24)17-10-14-9-15(21)7-8-16(14)26-17/h4-10H,3,11H2,1-2H3,(H,22,23). The molecule has 0 atom stereocenters. The van der Waals surface area contributed by atoms with E-state index in [2.05, 4.69) is 5.32 Å². The van der Waals surface area contributed by atoms with Crippen molar-refractivity contribution in [1.29, 1.82) is 0 Å². The van der Waals surface area contributed by atoms with Crippen molar-refractivity contribution in [2.45, 2.75) is 20.3 Å². The Hall–Kier alpha value is -2.73. The molecule has 4 nitrogen and oxygen atoms in total. The Bertz CT molecular complexity index is 980. The van der Waals surface area contributed by atoms with Gasteiger partial charge >= 0.3 is 5.97 Å². The summed E-state index contributed by atoms with van der Waals surface area (Å²) in [6, 6.07) is 11.7. The van der Waals surface area contributed by atoms with Gasteiger partial charge in [-0.1, -0.05) is 25.1 Å². The Morgan fingerprint density at radius 3 is 2.77 bits per heavy atom. The zero-order valence-corrected chi connectivity index (χ0v) is 15.3. The van der Waals surface area contributed by atoms with Crippen molar-refractivity contribution in [2.75, 3.05) is 11.9 Å². The van der Waals surface area contributed by atoms with E-state index < -0.39 is 11.9 Å². The van der Waals surface area contributed by atoms with Crippen LogP contribution in [-0.2, 0) is 16.0 Å². The number of aryl methyl sites for hydroxylation is 2. The first-order valence-corrected chi connectivity index (χ1v) is 9.04. The fraction of sp³-hybridized carbons (Fsp3) is 0.200. The fourth-order valence-electron chi connectivity index (χ4n) is 2.69. The van der Waals surface area contributed by atoms with E-state index in [9.17, 15) is 14.0 Å². The Kier molecular flexibility index (Phi) is 5.32. The van der Waals surface area contributed by atoms with Crippen LogP contribution in [-0.4, -0.2) is 18.5 Å². The summed E-state index contributed by atoms with van der Waals surface area (Å²) < 4.78 is 19.1. The first-order chi connectivity index (χ1) is 12.5. The summed E-state index contributed by atoms with van der Waals surface area (Å²) in [6.45, 7) is 3.55. The molecule has 2 aromatic carbocycles. The topological polar surface area (TPSA) is 55.4 Å². The molecule has 6 heteroatoms. The Morgan fingerprint density at radius 1 is 1.19 bits per heavy atom. The molecule has 0 saturated carbocycles. The zero-order valence-electron chi connectivity index (χ0n) is 14.5. The lowest BCUT2D eigenvalue weighted by molar-refractivity contribution is -0.119. The quantitative estimate of drug-likeness (QED) is 0.661. The second-order valence-electron chi connectivity index (χ2n) is 5.88. The molecular weight excluding hydrogens is 353 g/mol. The van der Waals surface area contributed by atoms with Gasteiger partial charge in [-0.25, -0.2) is 9.18 Å².